The highest BCUT2D eigenvalue weighted by Crippen LogP contribution is 2.23. The van der Waals surface area contributed by atoms with E-state index in [0.717, 1.165) is 37.9 Å². The molecule has 0 radical (unpaired) electrons. The number of rotatable bonds is 6. The van der Waals surface area contributed by atoms with Crippen molar-refractivity contribution in [3.63, 3.8) is 0 Å². The summed E-state index contributed by atoms with van der Waals surface area (Å²) >= 11 is 0. The van der Waals surface area contributed by atoms with E-state index in [4.69, 9.17) is 4.52 Å². The molecule has 1 unspecified atom stereocenters. The van der Waals surface area contributed by atoms with Gasteiger partial charge in [-0.3, -0.25) is 9.78 Å². The molecular weight excluding hydrogens is 371 g/mol. The SMILES string of the molecule is O=C(Cc1cccc(F)c1)N1CCCC(CCc2noc(-c3ccncc3)n2)C1. The zero-order valence-electron chi connectivity index (χ0n) is 16.1. The van der Waals surface area contributed by atoms with Crippen molar-refractivity contribution in [3.8, 4) is 11.5 Å². The molecular formula is C22H23FN4O2. The van der Waals surface area contributed by atoms with Crippen molar-refractivity contribution in [2.24, 2.45) is 5.92 Å². The van der Waals surface area contributed by atoms with Crippen LogP contribution in [0.4, 0.5) is 4.39 Å². The number of carbonyl (C=O) groups excluding carboxylic acids is 1. The summed E-state index contributed by atoms with van der Waals surface area (Å²) in [4.78, 5) is 23.0. The van der Waals surface area contributed by atoms with Gasteiger partial charge >= 0.3 is 0 Å². The second-order valence-corrected chi connectivity index (χ2v) is 7.45. The number of aryl methyl sites for hydroxylation is 1. The van der Waals surface area contributed by atoms with Gasteiger partial charge in [0.25, 0.3) is 5.89 Å². The van der Waals surface area contributed by atoms with Gasteiger partial charge in [0.1, 0.15) is 5.82 Å². The molecule has 1 atom stereocenters. The van der Waals surface area contributed by atoms with E-state index in [1.807, 2.05) is 17.0 Å². The number of pyridine rings is 1. The zero-order chi connectivity index (χ0) is 20.1. The van der Waals surface area contributed by atoms with E-state index in [1.165, 1.54) is 12.1 Å². The number of aromatic nitrogens is 3. The van der Waals surface area contributed by atoms with Crippen LogP contribution in [0.15, 0.2) is 53.3 Å². The van der Waals surface area contributed by atoms with E-state index < -0.39 is 0 Å². The van der Waals surface area contributed by atoms with Crippen molar-refractivity contribution < 1.29 is 13.7 Å². The summed E-state index contributed by atoms with van der Waals surface area (Å²) in [5, 5.41) is 4.07. The fourth-order valence-corrected chi connectivity index (χ4v) is 3.76. The molecule has 3 aromatic rings. The smallest absolute Gasteiger partial charge is 0.258 e. The molecule has 1 saturated heterocycles. The first-order valence-corrected chi connectivity index (χ1v) is 9.92. The van der Waals surface area contributed by atoms with Gasteiger partial charge in [-0.2, -0.15) is 4.98 Å². The molecule has 150 valence electrons. The lowest BCUT2D eigenvalue weighted by Crippen LogP contribution is -2.40. The van der Waals surface area contributed by atoms with E-state index in [0.29, 0.717) is 29.6 Å². The summed E-state index contributed by atoms with van der Waals surface area (Å²) in [5.74, 6) is 1.33. The van der Waals surface area contributed by atoms with Crippen LogP contribution < -0.4 is 0 Å². The molecule has 0 saturated carbocycles. The number of amides is 1. The average Bonchev–Trinajstić information content (AvgIpc) is 3.22. The number of carbonyl (C=O) groups is 1. The minimum Gasteiger partial charge on any atom is -0.342 e. The summed E-state index contributed by atoms with van der Waals surface area (Å²) < 4.78 is 18.7. The maximum atomic E-state index is 13.3. The maximum absolute atomic E-state index is 13.3. The second-order valence-electron chi connectivity index (χ2n) is 7.45. The molecule has 0 spiro atoms. The average molecular weight is 394 g/mol. The van der Waals surface area contributed by atoms with Crippen LogP contribution >= 0.6 is 0 Å². The van der Waals surface area contributed by atoms with E-state index in [9.17, 15) is 9.18 Å². The Bertz CT molecular complexity index is 960. The molecule has 3 heterocycles. The van der Waals surface area contributed by atoms with Crippen molar-refractivity contribution >= 4 is 5.91 Å². The molecule has 1 fully saturated rings. The molecule has 0 bridgehead atoms. The lowest BCUT2D eigenvalue weighted by Gasteiger charge is -2.32. The highest BCUT2D eigenvalue weighted by Gasteiger charge is 2.24. The topological polar surface area (TPSA) is 72.1 Å². The van der Waals surface area contributed by atoms with Crippen molar-refractivity contribution in [2.75, 3.05) is 13.1 Å². The van der Waals surface area contributed by atoms with Crippen LogP contribution in [0.5, 0.6) is 0 Å². The van der Waals surface area contributed by atoms with Crippen molar-refractivity contribution in [2.45, 2.75) is 32.1 Å². The van der Waals surface area contributed by atoms with Gasteiger partial charge in [0.2, 0.25) is 5.91 Å². The van der Waals surface area contributed by atoms with Gasteiger partial charge in [-0.1, -0.05) is 17.3 Å². The standard InChI is InChI=1S/C22H23FN4O2/c23-19-5-1-3-17(13-19)14-21(28)27-12-2-4-16(15-27)6-7-20-25-22(29-26-20)18-8-10-24-11-9-18/h1,3,5,8-11,13,16H,2,4,6-7,12,14-15H2. The van der Waals surface area contributed by atoms with E-state index in [-0.39, 0.29) is 18.1 Å². The Hall–Kier alpha value is -3.09. The first-order valence-electron chi connectivity index (χ1n) is 9.92. The van der Waals surface area contributed by atoms with Crippen molar-refractivity contribution in [1.82, 2.24) is 20.0 Å². The molecule has 1 amide bonds. The zero-order valence-corrected chi connectivity index (χ0v) is 16.1. The van der Waals surface area contributed by atoms with E-state index in [2.05, 4.69) is 15.1 Å². The second kappa shape index (κ2) is 8.94. The Balaban J connectivity index is 1.30. The number of hydrogen-bond donors (Lipinski definition) is 0. The van der Waals surface area contributed by atoms with Gasteiger partial charge in [-0.25, -0.2) is 4.39 Å². The van der Waals surface area contributed by atoms with Crippen LogP contribution in [0.3, 0.4) is 0 Å². The summed E-state index contributed by atoms with van der Waals surface area (Å²) in [5.41, 5.74) is 1.57. The third-order valence-electron chi connectivity index (χ3n) is 5.29. The van der Waals surface area contributed by atoms with Crippen molar-refractivity contribution in [3.05, 3.63) is 66.0 Å². The number of likely N-dealkylation sites (tertiary alicyclic amines) is 1. The molecule has 1 aliphatic heterocycles. The largest absolute Gasteiger partial charge is 0.342 e. The molecule has 4 rings (SSSR count). The molecule has 7 heteroatoms. The first-order chi connectivity index (χ1) is 14.2. The fraction of sp³-hybridized carbons (Fsp3) is 0.364. The monoisotopic (exact) mass is 394 g/mol. The summed E-state index contributed by atoms with van der Waals surface area (Å²) in [6.45, 7) is 1.49. The molecule has 0 N–H and O–H groups in total. The van der Waals surface area contributed by atoms with Gasteiger partial charge in [-0.05, 0) is 55.0 Å². The number of hydrogen-bond acceptors (Lipinski definition) is 5. The number of benzene rings is 1. The van der Waals surface area contributed by atoms with Gasteiger partial charge in [0.15, 0.2) is 5.82 Å². The molecule has 1 aromatic carbocycles. The first kappa shape index (κ1) is 19.2. The van der Waals surface area contributed by atoms with Crippen LogP contribution in [0.25, 0.3) is 11.5 Å². The molecule has 6 nitrogen and oxygen atoms in total. The van der Waals surface area contributed by atoms with E-state index in [1.54, 1.807) is 24.5 Å². The highest BCUT2D eigenvalue weighted by molar-refractivity contribution is 5.78. The van der Waals surface area contributed by atoms with Crippen molar-refractivity contribution in [1.29, 1.82) is 0 Å². The summed E-state index contributed by atoms with van der Waals surface area (Å²) in [6, 6.07) is 9.92. The van der Waals surface area contributed by atoms with Gasteiger partial charge in [0, 0.05) is 37.5 Å². The predicted molar refractivity (Wildman–Crippen MR) is 105 cm³/mol. The number of nitrogens with zero attached hydrogens (tertiary/aromatic N) is 4. The van der Waals surface area contributed by atoms with Crippen LogP contribution in [0.1, 0.15) is 30.7 Å². The molecule has 1 aliphatic rings. The van der Waals surface area contributed by atoms with Crippen LogP contribution in [0.2, 0.25) is 0 Å². The number of piperidine rings is 1. The minimum absolute atomic E-state index is 0.0554. The fourth-order valence-electron chi connectivity index (χ4n) is 3.76. The predicted octanol–water partition coefficient (Wildman–Crippen LogP) is 3.68. The lowest BCUT2D eigenvalue weighted by atomic mass is 9.93. The Kier molecular flexibility index (Phi) is 5.93. The molecule has 29 heavy (non-hydrogen) atoms. The van der Waals surface area contributed by atoms with Crippen LogP contribution in [0, 0.1) is 11.7 Å². The minimum atomic E-state index is -0.307. The van der Waals surface area contributed by atoms with Gasteiger partial charge < -0.3 is 9.42 Å². The summed E-state index contributed by atoms with van der Waals surface area (Å²) in [6.07, 6.45) is 7.30. The van der Waals surface area contributed by atoms with Crippen LogP contribution in [-0.4, -0.2) is 39.0 Å². The Morgan fingerprint density at radius 1 is 1.24 bits per heavy atom. The Labute approximate surface area is 168 Å². The molecule has 2 aromatic heterocycles. The van der Waals surface area contributed by atoms with Gasteiger partial charge in [0.05, 0.1) is 6.42 Å². The van der Waals surface area contributed by atoms with Gasteiger partial charge in [-0.15, -0.1) is 0 Å². The lowest BCUT2D eigenvalue weighted by molar-refractivity contribution is -0.132. The Morgan fingerprint density at radius 2 is 2.10 bits per heavy atom. The maximum Gasteiger partial charge on any atom is 0.258 e. The third kappa shape index (κ3) is 5.04. The normalized spacial score (nSPS) is 16.7. The Morgan fingerprint density at radius 3 is 2.93 bits per heavy atom. The summed E-state index contributed by atoms with van der Waals surface area (Å²) in [7, 11) is 0. The quantitative estimate of drug-likeness (QED) is 0.638. The van der Waals surface area contributed by atoms with E-state index >= 15 is 0 Å². The number of halogens is 1. The molecule has 0 aliphatic carbocycles. The highest BCUT2D eigenvalue weighted by atomic mass is 19.1. The van der Waals surface area contributed by atoms with Crippen LogP contribution in [-0.2, 0) is 17.6 Å². The third-order valence-corrected chi connectivity index (χ3v) is 5.29.